The van der Waals surface area contributed by atoms with Crippen LogP contribution >= 0.6 is 0 Å². The first-order chi connectivity index (χ1) is 6.56. The topological polar surface area (TPSA) is 79.9 Å². The molecule has 0 saturated carbocycles. The van der Waals surface area contributed by atoms with Crippen molar-refractivity contribution in [2.45, 2.75) is 38.3 Å². The zero-order chi connectivity index (χ0) is 10.6. The normalized spacial score (nSPS) is 30.6. The zero-order valence-electron chi connectivity index (χ0n) is 8.79. The van der Waals surface area contributed by atoms with Crippen molar-refractivity contribution in [2.75, 3.05) is 13.2 Å². The summed E-state index contributed by atoms with van der Waals surface area (Å²) in [6, 6.07) is 0.192. The maximum Gasteiger partial charge on any atom is 0.140 e. The van der Waals surface area contributed by atoms with Gasteiger partial charge >= 0.3 is 0 Å². The molecule has 14 heavy (non-hydrogen) atoms. The smallest absolute Gasteiger partial charge is 0.140 e. The molecule has 0 aromatic heterocycles. The van der Waals surface area contributed by atoms with Gasteiger partial charge in [0.15, 0.2) is 0 Å². The third-order valence-electron chi connectivity index (χ3n) is 2.46. The summed E-state index contributed by atoms with van der Waals surface area (Å²) < 4.78 is 5.32. The Hall–Kier alpha value is -0.810. The zero-order valence-corrected chi connectivity index (χ0v) is 8.79. The lowest BCUT2D eigenvalue weighted by atomic mass is 10.00. The number of hydrogen-bond acceptors (Lipinski definition) is 4. The van der Waals surface area contributed by atoms with Crippen LogP contribution in [0.3, 0.4) is 0 Å². The van der Waals surface area contributed by atoms with Gasteiger partial charge in [-0.1, -0.05) is 5.16 Å². The summed E-state index contributed by atoms with van der Waals surface area (Å²) in [5.41, 5.74) is 5.46. The number of nitrogens with two attached hydrogens (primary N) is 1. The van der Waals surface area contributed by atoms with Crippen LogP contribution in [0.5, 0.6) is 0 Å². The summed E-state index contributed by atoms with van der Waals surface area (Å²) in [6.45, 7) is 5.68. The molecule has 1 aliphatic rings. The molecule has 0 radical (unpaired) electrons. The molecule has 0 bridgehead atoms. The summed E-state index contributed by atoms with van der Waals surface area (Å²) in [4.78, 5) is 0. The van der Waals surface area contributed by atoms with Crippen LogP contribution in [0.25, 0.3) is 0 Å². The van der Waals surface area contributed by atoms with Gasteiger partial charge in [0.2, 0.25) is 0 Å². The minimum absolute atomic E-state index is 0.0369. The highest BCUT2D eigenvalue weighted by molar-refractivity contribution is 5.80. The average molecular weight is 201 g/mol. The Bertz CT molecular complexity index is 212. The van der Waals surface area contributed by atoms with E-state index in [9.17, 15) is 0 Å². The number of nitrogens with zero attached hydrogens (tertiary/aromatic N) is 1. The van der Waals surface area contributed by atoms with E-state index >= 15 is 0 Å². The summed E-state index contributed by atoms with van der Waals surface area (Å²) >= 11 is 0. The lowest BCUT2D eigenvalue weighted by Crippen LogP contribution is -2.48. The fourth-order valence-corrected chi connectivity index (χ4v) is 1.78. The largest absolute Gasteiger partial charge is 0.409 e. The molecule has 1 aliphatic heterocycles. The van der Waals surface area contributed by atoms with Gasteiger partial charge in [-0.2, -0.15) is 0 Å². The van der Waals surface area contributed by atoms with Crippen molar-refractivity contribution in [3.63, 3.8) is 0 Å². The highest BCUT2D eigenvalue weighted by Gasteiger charge is 2.30. The third kappa shape index (κ3) is 3.16. The molecule has 1 saturated heterocycles. The van der Waals surface area contributed by atoms with E-state index in [-0.39, 0.29) is 17.4 Å². The summed E-state index contributed by atoms with van der Waals surface area (Å²) in [6.07, 6.45) is 1.56. The minimum Gasteiger partial charge on any atom is -0.409 e. The number of nitrogens with one attached hydrogen (secondary N) is 1. The number of amidine groups is 1. The van der Waals surface area contributed by atoms with Crippen molar-refractivity contribution < 1.29 is 9.94 Å². The predicted octanol–water partition coefficient (Wildman–Crippen LogP) is 0.280. The Kier molecular flexibility index (Phi) is 3.71. The van der Waals surface area contributed by atoms with Crippen LogP contribution in [-0.4, -0.2) is 35.8 Å². The molecule has 1 heterocycles. The summed E-state index contributed by atoms with van der Waals surface area (Å²) in [5, 5.41) is 14.8. The van der Waals surface area contributed by atoms with Crippen LogP contribution in [0, 0.1) is 0 Å². The van der Waals surface area contributed by atoms with Crippen molar-refractivity contribution >= 4 is 5.84 Å². The Morgan fingerprint density at radius 2 is 2.50 bits per heavy atom. The molecule has 5 nitrogen and oxygen atoms in total. The maximum absolute atomic E-state index is 8.42. The molecule has 1 rings (SSSR count). The lowest BCUT2D eigenvalue weighted by molar-refractivity contribution is 0.168. The molecule has 0 aromatic carbocycles. The molecule has 4 N–H and O–H groups in total. The molecule has 5 heteroatoms. The molecule has 1 fully saturated rings. The van der Waals surface area contributed by atoms with Crippen LogP contribution in [0.4, 0.5) is 0 Å². The first-order valence-electron chi connectivity index (χ1n) is 4.87. The second kappa shape index (κ2) is 4.61. The number of ether oxygens (including phenoxy) is 1. The van der Waals surface area contributed by atoms with E-state index < -0.39 is 0 Å². The van der Waals surface area contributed by atoms with Crippen LogP contribution < -0.4 is 11.1 Å². The Morgan fingerprint density at radius 1 is 1.79 bits per heavy atom. The number of oxime groups is 1. The van der Waals surface area contributed by atoms with Crippen molar-refractivity contribution in [3.05, 3.63) is 0 Å². The van der Waals surface area contributed by atoms with Crippen molar-refractivity contribution in [3.8, 4) is 0 Å². The Labute approximate surface area is 84.3 Å². The fraction of sp³-hybridized carbons (Fsp3) is 0.889. The highest BCUT2D eigenvalue weighted by Crippen LogP contribution is 2.18. The van der Waals surface area contributed by atoms with Gasteiger partial charge in [0.25, 0.3) is 0 Å². The third-order valence-corrected chi connectivity index (χ3v) is 2.46. The average Bonchev–Trinajstić information content (AvgIpc) is 2.51. The summed E-state index contributed by atoms with van der Waals surface area (Å²) in [5.74, 6) is 0.257. The quantitative estimate of drug-likeness (QED) is 0.264. The minimum atomic E-state index is 0.0369. The van der Waals surface area contributed by atoms with Crippen molar-refractivity contribution in [1.29, 1.82) is 0 Å². The summed E-state index contributed by atoms with van der Waals surface area (Å²) in [7, 11) is 0. The van der Waals surface area contributed by atoms with E-state index in [0.717, 1.165) is 19.6 Å². The van der Waals surface area contributed by atoms with E-state index in [1.807, 2.05) is 6.92 Å². The molecule has 0 aliphatic carbocycles. The van der Waals surface area contributed by atoms with E-state index in [1.54, 1.807) is 0 Å². The highest BCUT2D eigenvalue weighted by atomic mass is 16.5. The molecule has 2 atom stereocenters. The standard InChI is InChI=1S/C9H19N3O2/c1-7(5-8(10)12-13)11-9(2)3-4-14-6-9/h7,11,13H,3-6H2,1-2H3,(H2,10,12). The van der Waals surface area contributed by atoms with Crippen molar-refractivity contribution in [2.24, 2.45) is 10.9 Å². The molecule has 82 valence electrons. The van der Waals surface area contributed by atoms with Crippen LogP contribution in [0.1, 0.15) is 26.7 Å². The first kappa shape index (κ1) is 11.3. The Morgan fingerprint density at radius 3 is 3.00 bits per heavy atom. The van der Waals surface area contributed by atoms with Gasteiger partial charge < -0.3 is 21.0 Å². The fourth-order valence-electron chi connectivity index (χ4n) is 1.78. The van der Waals surface area contributed by atoms with Gasteiger partial charge in [-0.3, -0.25) is 0 Å². The predicted molar refractivity (Wildman–Crippen MR) is 54.5 cm³/mol. The first-order valence-corrected chi connectivity index (χ1v) is 4.87. The maximum atomic E-state index is 8.42. The molecule has 0 spiro atoms. The SMILES string of the molecule is CC(CC(N)=NO)NC1(C)CCOC1. The van der Waals surface area contributed by atoms with Gasteiger partial charge in [-0.05, 0) is 20.3 Å². The number of hydrogen-bond donors (Lipinski definition) is 3. The molecular formula is C9H19N3O2. The van der Waals surface area contributed by atoms with E-state index in [1.165, 1.54) is 0 Å². The van der Waals surface area contributed by atoms with Crippen LogP contribution in [0.2, 0.25) is 0 Å². The van der Waals surface area contributed by atoms with Gasteiger partial charge in [0, 0.05) is 24.6 Å². The van der Waals surface area contributed by atoms with Crippen LogP contribution in [0.15, 0.2) is 5.16 Å². The lowest BCUT2D eigenvalue weighted by Gasteiger charge is -2.28. The Balaban J connectivity index is 2.36. The molecule has 2 unspecified atom stereocenters. The van der Waals surface area contributed by atoms with Gasteiger partial charge in [-0.15, -0.1) is 0 Å². The second-order valence-electron chi connectivity index (χ2n) is 4.20. The van der Waals surface area contributed by atoms with Crippen molar-refractivity contribution in [1.82, 2.24) is 5.32 Å². The van der Waals surface area contributed by atoms with Gasteiger partial charge in [-0.25, -0.2) is 0 Å². The monoisotopic (exact) mass is 201 g/mol. The number of rotatable bonds is 4. The van der Waals surface area contributed by atoms with E-state index in [4.69, 9.17) is 15.7 Å². The van der Waals surface area contributed by atoms with E-state index in [0.29, 0.717) is 6.42 Å². The van der Waals surface area contributed by atoms with Gasteiger partial charge in [0.05, 0.1) is 6.61 Å². The van der Waals surface area contributed by atoms with E-state index in [2.05, 4.69) is 17.4 Å². The van der Waals surface area contributed by atoms with Gasteiger partial charge in [0.1, 0.15) is 5.84 Å². The molecule has 0 aromatic rings. The molecule has 0 amide bonds. The molecular weight excluding hydrogens is 182 g/mol. The second-order valence-corrected chi connectivity index (χ2v) is 4.20. The van der Waals surface area contributed by atoms with Crippen LogP contribution in [-0.2, 0) is 4.74 Å².